The molecule has 0 fully saturated rings. The van der Waals surface area contributed by atoms with Gasteiger partial charge in [0.05, 0.1) is 27.8 Å². The number of amides is 1. The molecule has 2 aromatic carbocycles. The van der Waals surface area contributed by atoms with Crippen LogP contribution in [-0.4, -0.2) is 24.6 Å². The Balaban J connectivity index is 1.81. The zero-order valence-corrected chi connectivity index (χ0v) is 18.3. The number of nitrogens with one attached hydrogen (secondary N) is 2. The topological polar surface area (TPSA) is 88.2 Å². The summed E-state index contributed by atoms with van der Waals surface area (Å²) in [7, 11) is -3.83. The molecule has 0 saturated carbocycles. The fourth-order valence-electron chi connectivity index (χ4n) is 2.53. The molecule has 0 aliphatic heterocycles. The highest BCUT2D eigenvalue weighted by Gasteiger charge is 2.30. The van der Waals surface area contributed by atoms with E-state index < -0.39 is 38.7 Å². The second-order valence-corrected chi connectivity index (χ2v) is 10.0. The van der Waals surface area contributed by atoms with Crippen LogP contribution in [0.15, 0.2) is 47.8 Å². The third-order valence-electron chi connectivity index (χ3n) is 4.33. The Kier molecular flexibility index (Phi) is 6.56. The Bertz CT molecular complexity index is 1240. The van der Waals surface area contributed by atoms with Gasteiger partial charge < -0.3 is 0 Å². The minimum Gasteiger partial charge on any atom is -0.298 e. The number of rotatable bonds is 6. The standard InChI is InChI=1S/C20H17F4N3O3S2/c1-11(2)32(29,30)27-16-9-14(21)7-8-15(16)18(28)26-19-25-17(10-31-19)12-3-5-13(6-4-12)20(22,23)24/h3-11,27H,1-2H3,(H,25,26,28). The summed E-state index contributed by atoms with van der Waals surface area (Å²) < 4.78 is 78.3. The van der Waals surface area contributed by atoms with Crippen LogP contribution < -0.4 is 10.0 Å². The third kappa shape index (κ3) is 5.43. The van der Waals surface area contributed by atoms with Gasteiger partial charge in [0.2, 0.25) is 10.0 Å². The molecular formula is C20H17F4N3O3S2. The average Bonchev–Trinajstić information content (AvgIpc) is 3.15. The number of hydrogen-bond acceptors (Lipinski definition) is 5. The summed E-state index contributed by atoms with van der Waals surface area (Å²) in [6, 6.07) is 7.43. The van der Waals surface area contributed by atoms with Crippen molar-refractivity contribution in [2.45, 2.75) is 25.3 Å². The molecule has 12 heteroatoms. The molecule has 3 rings (SSSR count). The lowest BCUT2D eigenvalue weighted by Crippen LogP contribution is -2.24. The van der Waals surface area contributed by atoms with E-state index in [1.54, 1.807) is 5.38 Å². The molecule has 6 nitrogen and oxygen atoms in total. The number of anilines is 2. The lowest BCUT2D eigenvalue weighted by Gasteiger charge is -2.14. The third-order valence-corrected chi connectivity index (χ3v) is 6.84. The number of nitrogens with zero attached hydrogens (tertiary/aromatic N) is 1. The number of carbonyl (C=O) groups is 1. The number of thiazole rings is 1. The first-order chi connectivity index (χ1) is 14.9. The van der Waals surface area contributed by atoms with E-state index in [0.29, 0.717) is 11.3 Å². The maximum Gasteiger partial charge on any atom is 0.416 e. The highest BCUT2D eigenvalue weighted by Crippen LogP contribution is 2.32. The molecule has 1 heterocycles. The summed E-state index contributed by atoms with van der Waals surface area (Å²) in [6.07, 6.45) is -4.45. The number of hydrogen-bond donors (Lipinski definition) is 2. The Morgan fingerprint density at radius 2 is 1.75 bits per heavy atom. The largest absolute Gasteiger partial charge is 0.416 e. The van der Waals surface area contributed by atoms with Crippen LogP contribution >= 0.6 is 11.3 Å². The van der Waals surface area contributed by atoms with Crippen LogP contribution in [0.25, 0.3) is 11.3 Å². The fourth-order valence-corrected chi connectivity index (χ4v) is 3.95. The number of halogens is 4. The molecule has 32 heavy (non-hydrogen) atoms. The summed E-state index contributed by atoms with van der Waals surface area (Å²) in [5.41, 5.74) is -0.379. The first-order valence-corrected chi connectivity index (χ1v) is 11.5. The quantitative estimate of drug-likeness (QED) is 0.458. The first kappa shape index (κ1) is 23.7. The van der Waals surface area contributed by atoms with Crippen molar-refractivity contribution < 1.29 is 30.8 Å². The summed E-state index contributed by atoms with van der Waals surface area (Å²) in [4.78, 5) is 16.9. The predicted molar refractivity (Wildman–Crippen MR) is 115 cm³/mol. The zero-order chi connectivity index (χ0) is 23.7. The van der Waals surface area contributed by atoms with Gasteiger partial charge in [-0.15, -0.1) is 11.3 Å². The van der Waals surface area contributed by atoms with Crippen molar-refractivity contribution in [3.8, 4) is 11.3 Å². The van der Waals surface area contributed by atoms with E-state index in [1.807, 2.05) is 0 Å². The van der Waals surface area contributed by atoms with Gasteiger partial charge in [-0.1, -0.05) is 12.1 Å². The van der Waals surface area contributed by atoms with Gasteiger partial charge in [0.15, 0.2) is 5.13 Å². The number of aromatic nitrogens is 1. The maximum absolute atomic E-state index is 13.7. The zero-order valence-electron chi connectivity index (χ0n) is 16.7. The smallest absolute Gasteiger partial charge is 0.298 e. The summed E-state index contributed by atoms with van der Waals surface area (Å²) in [5, 5.41) is 3.36. The number of benzene rings is 2. The van der Waals surface area contributed by atoms with Crippen LogP contribution in [0.5, 0.6) is 0 Å². The fraction of sp³-hybridized carbons (Fsp3) is 0.200. The van der Waals surface area contributed by atoms with E-state index in [4.69, 9.17) is 0 Å². The molecule has 0 bridgehead atoms. The summed E-state index contributed by atoms with van der Waals surface area (Å²) in [5.74, 6) is -1.47. The van der Waals surface area contributed by atoms with Crippen molar-refractivity contribution in [1.29, 1.82) is 0 Å². The van der Waals surface area contributed by atoms with Crippen LogP contribution in [0.1, 0.15) is 29.8 Å². The molecule has 3 aromatic rings. The Morgan fingerprint density at radius 3 is 2.34 bits per heavy atom. The van der Waals surface area contributed by atoms with Gasteiger partial charge in [0.25, 0.3) is 5.91 Å². The van der Waals surface area contributed by atoms with E-state index in [9.17, 15) is 30.8 Å². The van der Waals surface area contributed by atoms with Gasteiger partial charge >= 0.3 is 6.18 Å². The predicted octanol–water partition coefficient (Wildman–Crippen LogP) is 5.37. The second-order valence-electron chi connectivity index (χ2n) is 6.95. The van der Waals surface area contributed by atoms with Crippen LogP contribution in [0.3, 0.4) is 0 Å². The van der Waals surface area contributed by atoms with Crippen molar-refractivity contribution in [1.82, 2.24) is 4.98 Å². The van der Waals surface area contributed by atoms with Crippen molar-refractivity contribution in [3.63, 3.8) is 0 Å². The van der Waals surface area contributed by atoms with Gasteiger partial charge in [-0.2, -0.15) is 13.2 Å². The highest BCUT2D eigenvalue weighted by atomic mass is 32.2. The molecule has 0 unspecified atom stereocenters. The van der Waals surface area contributed by atoms with E-state index in [-0.39, 0.29) is 16.4 Å². The molecule has 0 atom stereocenters. The molecule has 1 amide bonds. The molecule has 0 spiro atoms. The maximum atomic E-state index is 13.7. The Morgan fingerprint density at radius 1 is 1.09 bits per heavy atom. The van der Waals surface area contributed by atoms with Crippen LogP contribution in [0.2, 0.25) is 0 Å². The average molecular weight is 488 g/mol. The normalized spacial score (nSPS) is 12.1. The monoisotopic (exact) mass is 487 g/mol. The molecule has 0 radical (unpaired) electrons. The minimum atomic E-state index is -4.45. The molecule has 0 aliphatic carbocycles. The van der Waals surface area contributed by atoms with E-state index in [0.717, 1.165) is 41.7 Å². The van der Waals surface area contributed by atoms with E-state index >= 15 is 0 Å². The Hall–Kier alpha value is -2.99. The second kappa shape index (κ2) is 8.87. The molecule has 2 N–H and O–H groups in total. The lowest BCUT2D eigenvalue weighted by atomic mass is 10.1. The number of alkyl halides is 3. The van der Waals surface area contributed by atoms with Gasteiger partial charge in [-0.05, 0) is 44.2 Å². The van der Waals surface area contributed by atoms with Gasteiger partial charge in [-0.3, -0.25) is 14.8 Å². The van der Waals surface area contributed by atoms with Crippen LogP contribution in [-0.2, 0) is 16.2 Å². The van der Waals surface area contributed by atoms with Crippen molar-refractivity contribution >= 4 is 38.1 Å². The first-order valence-electron chi connectivity index (χ1n) is 9.12. The van der Waals surface area contributed by atoms with Gasteiger partial charge in [0, 0.05) is 10.9 Å². The minimum absolute atomic E-state index is 0.123. The number of carbonyl (C=O) groups excluding carboxylic acids is 1. The van der Waals surface area contributed by atoms with E-state index in [1.165, 1.54) is 26.0 Å². The molecule has 170 valence electrons. The molecule has 0 saturated heterocycles. The summed E-state index contributed by atoms with van der Waals surface area (Å²) in [6.45, 7) is 2.86. The van der Waals surface area contributed by atoms with Crippen molar-refractivity contribution in [3.05, 3.63) is 64.8 Å². The molecule has 1 aromatic heterocycles. The molecule has 0 aliphatic rings. The van der Waals surface area contributed by atoms with Gasteiger partial charge in [-0.25, -0.2) is 17.8 Å². The lowest BCUT2D eigenvalue weighted by molar-refractivity contribution is -0.137. The van der Waals surface area contributed by atoms with Crippen LogP contribution in [0, 0.1) is 5.82 Å². The SMILES string of the molecule is CC(C)S(=O)(=O)Nc1cc(F)ccc1C(=O)Nc1nc(-c2ccc(C(F)(F)F)cc2)cs1. The van der Waals surface area contributed by atoms with Crippen LogP contribution in [0.4, 0.5) is 28.4 Å². The molecular weight excluding hydrogens is 470 g/mol. The Labute approximate surface area is 185 Å². The summed E-state index contributed by atoms with van der Waals surface area (Å²) >= 11 is 1.03. The van der Waals surface area contributed by atoms with Gasteiger partial charge in [0.1, 0.15) is 5.82 Å². The highest BCUT2D eigenvalue weighted by molar-refractivity contribution is 7.93. The number of sulfonamides is 1. The van der Waals surface area contributed by atoms with Crippen molar-refractivity contribution in [2.75, 3.05) is 10.0 Å². The van der Waals surface area contributed by atoms with Crippen molar-refractivity contribution in [2.24, 2.45) is 0 Å². The van der Waals surface area contributed by atoms with E-state index in [2.05, 4.69) is 15.0 Å².